The molecule has 0 radical (unpaired) electrons. The molecule has 0 bridgehead atoms. The monoisotopic (exact) mass is 304 g/mol. The van der Waals surface area contributed by atoms with Gasteiger partial charge in [-0.2, -0.15) is 0 Å². The van der Waals surface area contributed by atoms with E-state index in [1.54, 1.807) is 0 Å². The van der Waals surface area contributed by atoms with Gasteiger partial charge in [0.25, 0.3) is 0 Å². The summed E-state index contributed by atoms with van der Waals surface area (Å²) < 4.78 is 0.966. The predicted molar refractivity (Wildman–Crippen MR) is 72.5 cm³/mol. The summed E-state index contributed by atoms with van der Waals surface area (Å²) in [4.78, 5) is 24.4. The van der Waals surface area contributed by atoms with E-state index in [0.717, 1.165) is 20.9 Å². The van der Waals surface area contributed by atoms with Crippen LogP contribution in [0.3, 0.4) is 0 Å². The van der Waals surface area contributed by atoms with Crippen LogP contribution >= 0.6 is 15.9 Å². The quantitative estimate of drug-likeness (QED) is 0.824. The predicted octanol–water partition coefficient (Wildman–Crippen LogP) is 2.66. The van der Waals surface area contributed by atoms with Crippen LogP contribution in [0.25, 0.3) is 10.8 Å². The number of benzene rings is 2. The SMILES string of the molecule is O=C1CN(c2ccc(Br)c3ccccc23)C(=O)N1. The molecule has 90 valence electrons. The fourth-order valence-corrected chi connectivity index (χ4v) is 2.60. The van der Waals surface area contributed by atoms with Crippen molar-refractivity contribution in [1.29, 1.82) is 0 Å². The highest BCUT2D eigenvalue weighted by Gasteiger charge is 2.29. The third-order valence-electron chi connectivity index (χ3n) is 2.93. The van der Waals surface area contributed by atoms with E-state index >= 15 is 0 Å². The Bertz CT molecular complexity index is 669. The number of urea groups is 1. The van der Waals surface area contributed by atoms with Gasteiger partial charge in [0.05, 0.1) is 5.69 Å². The zero-order chi connectivity index (χ0) is 12.7. The maximum absolute atomic E-state index is 11.7. The lowest BCUT2D eigenvalue weighted by atomic mass is 10.1. The number of amides is 3. The van der Waals surface area contributed by atoms with Crippen LogP contribution in [0, 0.1) is 0 Å². The Morgan fingerprint density at radius 3 is 2.44 bits per heavy atom. The van der Waals surface area contributed by atoms with Gasteiger partial charge in [0.15, 0.2) is 0 Å². The molecule has 5 heteroatoms. The van der Waals surface area contributed by atoms with Crippen molar-refractivity contribution < 1.29 is 9.59 Å². The number of imide groups is 1. The molecule has 2 aromatic carbocycles. The van der Waals surface area contributed by atoms with E-state index in [1.165, 1.54) is 4.90 Å². The Labute approximate surface area is 112 Å². The van der Waals surface area contributed by atoms with E-state index < -0.39 is 0 Å². The minimum atomic E-state index is -0.368. The summed E-state index contributed by atoms with van der Waals surface area (Å²) in [5, 5.41) is 4.24. The van der Waals surface area contributed by atoms with Crippen LogP contribution in [0.1, 0.15) is 0 Å². The van der Waals surface area contributed by atoms with Gasteiger partial charge in [0.1, 0.15) is 6.54 Å². The third kappa shape index (κ3) is 1.67. The maximum Gasteiger partial charge on any atom is 0.329 e. The molecule has 4 nitrogen and oxygen atoms in total. The van der Waals surface area contributed by atoms with Crippen LogP contribution in [0.2, 0.25) is 0 Å². The van der Waals surface area contributed by atoms with E-state index in [-0.39, 0.29) is 18.5 Å². The number of carbonyl (C=O) groups is 2. The van der Waals surface area contributed by atoms with Crippen molar-refractivity contribution in [2.75, 3.05) is 11.4 Å². The zero-order valence-electron chi connectivity index (χ0n) is 9.31. The highest BCUT2D eigenvalue weighted by Crippen LogP contribution is 2.32. The molecular weight excluding hydrogens is 296 g/mol. The van der Waals surface area contributed by atoms with E-state index in [2.05, 4.69) is 21.2 Å². The van der Waals surface area contributed by atoms with Crippen molar-refractivity contribution in [3.63, 3.8) is 0 Å². The van der Waals surface area contributed by atoms with E-state index in [0.29, 0.717) is 0 Å². The van der Waals surface area contributed by atoms with Crippen LogP contribution in [-0.2, 0) is 4.79 Å². The zero-order valence-corrected chi connectivity index (χ0v) is 10.9. The maximum atomic E-state index is 11.7. The topological polar surface area (TPSA) is 49.4 Å². The molecule has 0 atom stereocenters. The summed E-state index contributed by atoms with van der Waals surface area (Å²) in [6, 6.07) is 11.1. The standard InChI is InChI=1S/C13H9BrN2O2/c14-10-5-6-11(9-4-2-1-3-8(9)10)16-7-12(17)15-13(16)18/h1-6H,7H2,(H,15,17,18). The highest BCUT2D eigenvalue weighted by molar-refractivity contribution is 9.10. The summed E-state index contributed by atoms with van der Waals surface area (Å²) in [5.41, 5.74) is 0.747. The van der Waals surface area contributed by atoms with Crippen LogP contribution in [0.4, 0.5) is 10.5 Å². The van der Waals surface area contributed by atoms with Gasteiger partial charge < -0.3 is 0 Å². The molecule has 0 aliphatic carbocycles. The van der Waals surface area contributed by atoms with E-state index in [9.17, 15) is 9.59 Å². The Morgan fingerprint density at radius 1 is 1.06 bits per heavy atom. The summed E-state index contributed by atoms with van der Waals surface area (Å²) in [7, 11) is 0. The second-order valence-corrected chi connectivity index (χ2v) is 4.91. The molecule has 0 saturated carbocycles. The first-order valence-corrected chi connectivity index (χ1v) is 6.25. The van der Waals surface area contributed by atoms with Crippen LogP contribution in [0.5, 0.6) is 0 Å². The van der Waals surface area contributed by atoms with Crippen LogP contribution in [-0.4, -0.2) is 18.5 Å². The lowest BCUT2D eigenvalue weighted by molar-refractivity contribution is -0.117. The number of nitrogens with zero attached hydrogens (tertiary/aromatic N) is 1. The molecule has 0 unspecified atom stereocenters. The molecule has 3 rings (SSSR count). The van der Waals surface area contributed by atoms with Crippen molar-refractivity contribution >= 4 is 44.3 Å². The molecule has 2 aromatic rings. The first-order chi connectivity index (χ1) is 8.66. The van der Waals surface area contributed by atoms with Gasteiger partial charge in [-0.15, -0.1) is 0 Å². The first-order valence-electron chi connectivity index (χ1n) is 5.45. The fraction of sp³-hybridized carbons (Fsp3) is 0.0769. The molecule has 3 amide bonds. The number of anilines is 1. The largest absolute Gasteiger partial charge is 0.329 e. The fourth-order valence-electron chi connectivity index (χ4n) is 2.12. The molecule has 1 saturated heterocycles. The molecule has 18 heavy (non-hydrogen) atoms. The number of hydrogen-bond donors (Lipinski definition) is 1. The van der Waals surface area contributed by atoms with Crippen molar-refractivity contribution in [3.8, 4) is 0 Å². The average molecular weight is 305 g/mol. The Kier molecular flexibility index (Phi) is 2.56. The summed E-state index contributed by atoms with van der Waals surface area (Å²) in [5.74, 6) is -0.271. The molecule has 1 fully saturated rings. The van der Waals surface area contributed by atoms with Gasteiger partial charge in [-0.3, -0.25) is 15.0 Å². The van der Waals surface area contributed by atoms with Gasteiger partial charge >= 0.3 is 6.03 Å². The van der Waals surface area contributed by atoms with Gasteiger partial charge in [0.2, 0.25) is 5.91 Å². The number of carbonyl (C=O) groups excluding carboxylic acids is 2. The van der Waals surface area contributed by atoms with Crippen molar-refractivity contribution in [1.82, 2.24) is 5.32 Å². The third-order valence-corrected chi connectivity index (χ3v) is 3.62. The molecule has 1 heterocycles. The highest BCUT2D eigenvalue weighted by atomic mass is 79.9. The normalized spacial score (nSPS) is 15.3. The number of fused-ring (bicyclic) bond motifs is 1. The minimum Gasteiger partial charge on any atom is -0.284 e. The first kappa shape index (κ1) is 11.2. The van der Waals surface area contributed by atoms with Gasteiger partial charge in [-0.25, -0.2) is 4.79 Å². The summed E-state index contributed by atoms with van der Waals surface area (Å²) in [6.07, 6.45) is 0. The molecular formula is C13H9BrN2O2. The molecule has 0 spiro atoms. The molecule has 1 aliphatic heterocycles. The van der Waals surface area contributed by atoms with Crippen molar-refractivity contribution in [2.24, 2.45) is 0 Å². The molecule has 0 aromatic heterocycles. The number of nitrogens with one attached hydrogen (secondary N) is 1. The lowest BCUT2D eigenvalue weighted by Crippen LogP contribution is -2.28. The number of halogens is 1. The Balaban J connectivity index is 2.21. The van der Waals surface area contributed by atoms with E-state index in [4.69, 9.17) is 0 Å². The van der Waals surface area contributed by atoms with Gasteiger partial charge in [-0.1, -0.05) is 40.2 Å². The second-order valence-electron chi connectivity index (χ2n) is 4.05. The van der Waals surface area contributed by atoms with Crippen LogP contribution in [0.15, 0.2) is 40.9 Å². The number of hydrogen-bond acceptors (Lipinski definition) is 2. The van der Waals surface area contributed by atoms with Crippen LogP contribution < -0.4 is 10.2 Å². The van der Waals surface area contributed by atoms with Crippen molar-refractivity contribution in [3.05, 3.63) is 40.9 Å². The van der Waals surface area contributed by atoms with Gasteiger partial charge in [-0.05, 0) is 17.5 Å². The number of rotatable bonds is 1. The Hall–Kier alpha value is -1.88. The smallest absolute Gasteiger partial charge is 0.284 e. The minimum absolute atomic E-state index is 0.0739. The second kappa shape index (κ2) is 4.10. The summed E-state index contributed by atoms with van der Waals surface area (Å²) in [6.45, 7) is 0.0739. The lowest BCUT2D eigenvalue weighted by Gasteiger charge is -2.16. The molecule has 1 aliphatic rings. The molecule has 1 N–H and O–H groups in total. The van der Waals surface area contributed by atoms with E-state index in [1.807, 2.05) is 36.4 Å². The summed E-state index contributed by atoms with van der Waals surface area (Å²) >= 11 is 3.48. The van der Waals surface area contributed by atoms with Gasteiger partial charge in [0, 0.05) is 9.86 Å². The average Bonchev–Trinajstić information content (AvgIpc) is 2.69. The Morgan fingerprint density at radius 2 is 1.78 bits per heavy atom. The van der Waals surface area contributed by atoms with Crippen molar-refractivity contribution in [2.45, 2.75) is 0 Å².